The number of piperidine rings is 1. The van der Waals surface area contributed by atoms with Crippen molar-refractivity contribution in [2.24, 2.45) is 5.92 Å². The van der Waals surface area contributed by atoms with Crippen molar-refractivity contribution < 1.29 is 9.90 Å². The van der Waals surface area contributed by atoms with E-state index in [0.717, 1.165) is 43.1 Å². The second kappa shape index (κ2) is 7.42. The van der Waals surface area contributed by atoms with Crippen LogP contribution in [-0.2, 0) is 11.8 Å². The van der Waals surface area contributed by atoms with Gasteiger partial charge in [-0.05, 0) is 18.8 Å². The minimum atomic E-state index is 0.00370. The molecule has 2 rings (SSSR count). The number of nitrogens with zero attached hydrogens (tertiary/aromatic N) is 2. The van der Waals surface area contributed by atoms with Crippen LogP contribution in [0.5, 0.6) is 0 Å². The molecule has 2 amide bonds. The zero-order chi connectivity index (χ0) is 16.2. The standard InChI is InChI=1S/C16H27N3O2S/c1-16(2,3)13-11-22-14(18-13)4-7-17-15(21)19-8-5-12(10-20)6-9-19/h11-12,20H,4-10H2,1-3H3,(H,17,21). The summed E-state index contributed by atoms with van der Waals surface area (Å²) in [6.45, 7) is 8.80. The third-order valence-corrected chi connectivity index (χ3v) is 5.00. The van der Waals surface area contributed by atoms with E-state index >= 15 is 0 Å². The molecule has 0 atom stereocenters. The first-order valence-electron chi connectivity index (χ1n) is 7.98. The van der Waals surface area contributed by atoms with Gasteiger partial charge in [0.25, 0.3) is 0 Å². The van der Waals surface area contributed by atoms with Crippen LogP contribution in [0.15, 0.2) is 5.38 Å². The van der Waals surface area contributed by atoms with Gasteiger partial charge < -0.3 is 15.3 Å². The van der Waals surface area contributed by atoms with E-state index in [0.29, 0.717) is 12.5 Å². The Bertz CT molecular complexity index is 488. The second-order valence-corrected chi connectivity index (χ2v) is 7.91. The molecule has 124 valence electrons. The molecule has 0 aliphatic carbocycles. The number of thiazole rings is 1. The molecule has 2 N–H and O–H groups in total. The molecule has 1 fully saturated rings. The van der Waals surface area contributed by atoms with E-state index in [2.05, 4.69) is 36.5 Å². The first-order chi connectivity index (χ1) is 10.4. The number of carbonyl (C=O) groups excluding carboxylic acids is 1. The number of nitrogens with one attached hydrogen (secondary N) is 1. The Morgan fingerprint density at radius 3 is 2.68 bits per heavy atom. The predicted octanol–water partition coefficient (Wildman–Crippen LogP) is 2.40. The quantitative estimate of drug-likeness (QED) is 0.893. The third kappa shape index (κ3) is 4.68. The topological polar surface area (TPSA) is 65.5 Å². The Hall–Kier alpha value is -1.14. The maximum atomic E-state index is 12.1. The number of likely N-dealkylation sites (tertiary alicyclic amines) is 1. The fraction of sp³-hybridized carbons (Fsp3) is 0.750. The molecule has 1 saturated heterocycles. The Kier molecular flexibility index (Phi) is 5.81. The summed E-state index contributed by atoms with van der Waals surface area (Å²) in [5.41, 5.74) is 1.19. The van der Waals surface area contributed by atoms with E-state index in [9.17, 15) is 4.79 Å². The first-order valence-corrected chi connectivity index (χ1v) is 8.86. The molecule has 0 spiro atoms. The molecule has 0 radical (unpaired) electrons. The lowest BCUT2D eigenvalue weighted by Crippen LogP contribution is -2.45. The van der Waals surface area contributed by atoms with Gasteiger partial charge in [0.15, 0.2) is 0 Å². The van der Waals surface area contributed by atoms with Crippen LogP contribution in [0.2, 0.25) is 0 Å². The molecule has 1 aromatic rings. The fourth-order valence-electron chi connectivity index (χ4n) is 2.48. The van der Waals surface area contributed by atoms with Crippen molar-refractivity contribution >= 4 is 17.4 Å². The van der Waals surface area contributed by atoms with Crippen molar-refractivity contribution in [2.75, 3.05) is 26.2 Å². The monoisotopic (exact) mass is 325 g/mol. The summed E-state index contributed by atoms with van der Waals surface area (Å²) in [6, 6.07) is 0.00370. The highest BCUT2D eigenvalue weighted by Gasteiger charge is 2.22. The zero-order valence-corrected chi connectivity index (χ0v) is 14.6. The fourth-order valence-corrected chi connectivity index (χ4v) is 3.50. The number of aliphatic hydroxyl groups excluding tert-OH is 1. The van der Waals surface area contributed by atoms with Gasteiger partial charge in [0.05, 0.1) is 10.7 Å². The smallest absolute Gasteiger partial charge is 0.317 e. The molecule has 0 unspecified atom stereocenters. The normalized spacial score (nSPS) is 16.8. The van der Waals surface area contributed by atoms with Crippen molar-refractivity contribution in [3.63, 3.8) is 0 Å². The van der Waals surface area contributed by atoms with E-state index in [1.54, 1.807) is 11.3 Å². The largest absolute Gasteiger partial charge is 0.396 e. The molecule has 2 heterocycles. The lowest BCUT2D eigenvalue weighted by Gasteiger charge is -2.31. The van der Waals surface area contributed by atoms with E-state index < -0.39 is 0 Å². The van der Waals surface area contributed by atoms with Crippen LogP contribution in [0.25, 0.3) is 0 Å². The van der Waals surface area contributed by atoms with Gasteiger partial charge in [-0.1, -0.05) is 20.8 Å². The molecule has 6 heteroatoms. The molecule has 5 nitrogen and oxygen atoms in total. The Balaban J connectivity index is 1.72. The number of aliphatic hydroxyl groups is 1. The van der Waals surface area contributed by atoms with Crippen LogP contribution in [0.3, 0.4) is 0 Å². The van der Waals surface area contributed by atoms with Gasteiger partial charge in [-0.15, -0.1) is 11.3 Å². The molecule has 1 aromatic heterocycles. The number of carbonyl (C=O) groups is 1. The van der Waals surface area contributed by atoms with Crippen LogP contribution in [-0.4, -0.2) is 47.3 Å². The molecular formula is C16H27N3O2S. The van der Waals surface area contributed by atoms with Gasteiger partial charge >= 0.3 is 6.03 Å². The summed E-state index contributed by atoms with van der Waals surface area (Å²) in [5, 5.41) is 15.3. The van der Waals surface area contributed by atoms with E-state index in [1.165, 1.54) is 0 Å². The summed E-state index contributed by atoms with van der Waals surface area (Å²) < 4.78 is 0. The third-order valence-electron chi connectivity index (χ3n) is 4.10. The summed E-state index contributed by atoms with van der Waals surface area (Å²) in [4.78, 5) is 18.6. The lowest BCUT2D eigenvalue weighted by atomic mass is 9.93. The van der Waals surface area contributed by atoms with Crippen molar-refractivity contribution in [3.8, 4) is 0 Å². The number of urea groups is 1. The van der Waals surface area contributed by atoms with Gasteiger partial charge in [-0.3, -0.25) is 0 Å². The number of hydrogen-bond donors (Lipinski definition) is 2. The Labute approximate surface area is 136 Å². The van der Waals surface area contributed by atoms with Crippen molar-refractivity contribution in [2.45, 2.75) is 45.4 Å². The maximum absolute atomic E-state index is 12.1. The summed E-state index contributed by atoms with van der Waals surface area (Å²) in [7, 11) is 0. The summed E-state index contributed by atoms with van der Waals surface area (Å²) in [6.07, 6.45) is 2.57. The van der Waals surface area contributed by atoms with Crippen molar-refractivity contribution in [1.29, 1.82) is 0 Å². The SMILES string of the molecule is CC(C)(C)c1csc(CCNC(=O)N2CCC(CO)CC2)n1. The predicted molar refractivity (Wildman–Crippen MR) is 89.3 cm³/mol. The second-order valence-electron chi connectivity index (χ2n) is 6.97. The number of rotatable bonds is 4. The number of aromatic nitrogens is 1. The van der Waals surface area contributed by atoms with Crippen molar-refractivity contribution in [1.82, 2.24) is 15.2 Å². The van der Waals surface area contributed by atoms with Gasteiger partial charge in [0.2, 0.25) is 0 Å². The maximum Gasteiger partial charge on any atom is 0.317 e. The first kappa shape index (κ1) is 17.2. The van der Waals surface area contributed by atoms with Gasteiger partial charge in [0, 0.05) is 43.5 Å². The zero-order valence-electron chi connectivity index (χ0n) is 13.8. The van der Waals surface area contributed by atoms with Gasteiger partial charge in [0.1, 0.15) is 0 Å². The number of amides is 2. The van der Waals surface area contributed by atoms with Crippen LogP contribution in [0, 0.1) is 5.92 Å². The van der Waals surface area contributed by atoms with Crippen molar-refractivity contribution in [3.05, 3.63) is 16.1 Å². The molecule has 1 aliphatic rings. The molecule has 0 aromatic carbocycles. The highest BCUT2D eigenvalue weighted by Crippen LogP contribution is 2.24. The highest BCUT2D eigenvalue weighted by atomic mass is 32.1. The highest BCUT2D eigenvalue weighted by molar-refractivity contribution is 7.09. The molecule has 22 heavy (non-hydrogen) atoms. The van der Waals surface area contributed by atoms with Crippen LogP contribution in [0.4, 0.5) is 4.79 Å². The van der Waals surface area contributed by atoms with Crippen LogP contribution in [0.1, 0.15) is 44.3 Å². The Morgan fingerprint density at radius 1 is 1.45 bits per heavy atom. The molecule has 0 bridgehead atoms. The average molecular weight is 325 g/mol. The van der Waals surface area contributed by atoms with Crippen LogP contribution >= 0.6 is 11.3 Å². The summed E-state index contributed by atoms with van der Waals surface area (Å²) in [5.74, 6) is 0.357. The minimum absolute atomic E-state index is 0.00370. The molecular weight excluding hydrogens is 298 g/mol. The van der Waals surface area contributed by atoms with E-state index in [1.807, 2.05) is 4.90 Å². The minimum Gasteiger partial charge on any atom is -0.396 e. The Morgan fingerprint density at radius 2 is 2.14 bits per heavy atom. The van der Waals surface area contributed by atoms with Gasteiger partial charge in [-0.25, -0.2) is 9.78 Å². The van der Waals surface area contributed by atoms with Gasteiger partial charge in [-0.2, -0.15) is 0 Å². The molecule has 1 aliphatic heterocycles. The summed E-state index contributed by atoms with van der Waals surface area (Å²) >= 11 is 1.66. The van der Waals surface area contributed by atoms with Crippen LogP contribution < -0.4 is 5.32 Å². The van der Waals surface area contributed by atoms with E-state index in [4.69, 9.17) is 5.11 Å². The average Bonchev–Trinajstić information content (AvgIpc) is 2.96. The lowest BCUT2D eigenvalue weighted by molar-refractivity contribution is 0.137. The number of hydrogen-bond acceptors (Lipinski definition) is 4. The van der Waals surface area contributed by atoms with E-state index in [-0.39, 0.29) is 18.1 Å². The molecule has 0 saturated carbocycles.